The first-order valence-corrected chi connectivity index (χ1v) is 4.92. The molecule has 0 spiro atoms. The fraction of sp³-hybridized carbons (Fsp3) is 0.300. The molecule has 0 saturated heterocycles. The molecule has 17 heavy (non-hydrogen) atoms. The Morgan fingerprint density at radius 3 is 2.41 bits per heavy atom. The molecular formula is C10H11N5O2. The van der Waals surface area contributed by atoms with Gasteiger partial charge in [0.2, 0.25) is 0 Å². The van der Waals surface area contributed by atoms with Gasteiger partial charge in [-0.2, -0.15) is 0 Å². The van der Waals surface area contributed by atoms with Crippen molar-refractivity contribution in [2.24, 2.45) is 10.1 Å². The van der Waals surface area contributed by atoms with E-state index in [-0.39, 0.29) is 17.6 Å². The summed E-state index contributed by atoms with van der Waals surface area (Å²) in [4.78, 5) is 16.8. The third kappa shape index (κ3) is 3.58. The van der Waals surface area contributed by atoms with Crippen LogP contribution < -0.4 is 0 Å². The third-order valence-electron chi connectivity index (χ3n) is 1.86. The average Bonchev–Trinajstić information content (AvgIpc) is 2.28. The zero-order valence-electron chi connectivity index (χ0n) is 9.44. The van der Waals surface area contributed by atoms with E-state index in [2.05, 4.69) is 15.0 Å². The summed E-state index contributed by atoms with van der Waals surface area (Å²) in [5.41, 5.74) is 8.97. The van der Waals surface area contributed by atoms with Crippen LogP contribution >= 0.6 is 0 Å². The van der Waals surface area contributed by atoms with E-state index in [1.54, 1.807) is 0 Å². The van der Waals surface area contributed by atoms with Crippen molar-refractivity contribution in [2.75, 3.05) is 0 Å². The van der Waals surface area contributed by atoms with Gasteiger partial charge >= 0.3 is 0 Å². The van der Waals surface area contributed by atoms with Crippen molar-refractivity contribution in [2.45, 2.75) is 19.9 Å². The Bertz CT molecular complexity index is 486. The largest absolute Gasteiger partial charge is 0.280 e. The Balaban J connectivity index is 3.12. The first-order chi connectivity index (χ1) is 8.04. The van der Waals surface area contributed by atoms with E-state index >= 15 is 0 Å². The van der Waals surface area contributed by atoms with Gasteiger partial charge in [0.15, 0.2) is 0 Å². The fourth-order valence-electron chi connectivity index (χ4n) is 1.18. The van der Waals surface area contributed by atoms with Crippen LogP contribution in [0.25, 0.3) is 10.4 Å². The van der Waals surface area contributed by atoms with Gasteiger partial charge in [0.05, 0.1) is 4.92 Å². The van der Waals surface area contributed by atoms with Crippen LogP contribution in [0.2, 0.25) is 0 Å². The zero-order chi connectivity index (χ0) is 12.8. The van der Waals surface area contributed by atoms with E-state index in [4.69, 9.17) is 5.53 Å². The van der Waals surface area contributed by atoms with E-state index in [1.807, 2.05) is 13.8 Å². The van der Waals surface area contributed by atoms with Crippen LogP contribution in [0.5, 0.6) is 0 Å². The highest BCUT2D eigenvalue weighted by atomic mass is 16.6. The number of aliphatic imine (C=N–C) groups is 1. The molecule has 0 amide bonds. The number of hydrogen-bond acceptors (Lipinski definition) is 3. The Hall–Kier alpha value is -2.40. The van der Waals surface area contributed by atoms with E-state index in [0.717, 1.165) is 0 Å². The second kappa shape index (κ2) is 5.62. The molecular weight excluding hydrogens is 222 g/mol. The van der Waals surface area contributed by atoms with Gasteiger partial charge in [0, 0.05) is 28.6 Å². The van der Waals surface area contributed by atoms with Crippen LogP contribution in [-0.4, -0.2) is 16.8 Å². The molecule has 7 nitrogen and oxygen atoms in total. The number of non-ortho nitro benzene ring substituents is 1. The molecule has 0 bridgehead atoms. The molecule has 0 radical (unpaired) electrons. The molecule has 0 N–H and O–H groups in total. The quantitative estimate of drug-likeness (QED) is 0.152. The topological polar surface area (TPSA) is 104 Å². The molecule has 1 rings (SSSR count). The van der Waals surface area contributed by atoms with Gasteiger partial charge in [0.25, 0.3) is 5.69 Å². The molecule has 0 saturated carbocycles. The van der Waals surface area contributed by atoms with Crippen molar-refractivity contribution < 1.29 is 4.92 Å². The molecule has 1 aromatic carbocycles. The van der Waals surface area contributed by atoms with Gasteiger partial charge in [-0.25, -0.2) is 0 Å². The summed E-state index contributed by atoms with van der Waals surface area (Å²) in [6, 6.07) is 5.68. The lowest BCUT2D eigenvalue weighted by atomic mass is 10.2. The Labute approximate surface area is 97.6 Å². The fourth-order valence-corrected chi connectivity index (χ4v) is 1.18. The summed E-state index contributed by atoms with van der Waals surface area (Å²) in [5.74, 6) is 0.234. The number of hydrogen-bond donors (Lipinski definition) is 0. The molecule has 0 aliphatic carbocycles. The van der Waals surface area contributed by atoms with E-state index in [9.17, 15) is 10.1 Å². The lowest BCUT2D eigenvalue weighted by molar-refractivity contribution is -0.384. The first-order valence-electron chi connectivity index (χ1n) is 4.92. The smallest absolute Gasteiger partial charge is 0.269 e. The maximum atomic E-state index is 10.5. The summed E-state index contributed by atoms with van der Waals surface area (Å²) < 4.78 is 0. The number of nitro groups is 1. The van der Waals surface area contributed by atoms with Crippen molar-refractivity contribution in [3.8, 4) is 0 Å². The predicted octanol–water partition coefficient (Wildman–Crippen LogP) is 3.06. The SMILES string of the molecule is CC(C)N=C(N=[N+]=[N-])c1ccc([N+](=O)[O-])cc1. The van der Waals surface area contributed by atoms with Crippen molar-refractivity contribution in [1.82, 2.24) is 0 Å². The van der Waals surface area contributed by atoms with Crippen LogP contribution in [0.15, 0.2) is 34.4 Å². The summed E-state index contributed by atoms with van der Waals surface area (Å²) in [6.45, 7) is 3.69. The maximum Gasteiger partial charge on any atom is 0.269 e. The standard InChI is InChI=1S/C10H11N5O2/c1-7(2)12-10(13-14-11)8-3-5-9(6-4-8)15(16)17/h3-7H,1-2H3. The van der Waals surface area contributed by atoms with Crippen LogP contribution in [0.3, 0.4) is 0 Å². The number of benzene rings is 1. The monoisotopic (exact) mass is 233 g/mol. The van der Waals surface area contributed by atoms with E-state index < -0.39 is 4.92 Å². The molecule has 0 aliphatic heterocycles. The zero-order valence-corrected chi connectivity index (χ0v) is 9.44. The van der Waals surface area contributed by atoms with E-state index in [0.29, 0.717) is 5.56 Å². The van der Waals surface area contributed by atoms with Crippen LogP contribution in [-0.2, 0) is 0 Å². The van der Waals surface area contributed by atoms with Crippen molar-refractivity contribution in [3.05, 3.63) is 50.4 Å². The number of nitrogens with zero attached hydrogens (tertiary/aromatic N) is 5. The lowest BCUT2D eigenvalue weighted by Crippen LogP contribution is -2.01. The van der Waals surface area contributed by atoms with Crippen LogP contribution in [0.1, 0.15) is 19.4 Å². The van der Waals surface area contributed by atoms with Gasteiger partial charge in [0.1, 0.15) is 5.84 Å². The summed E-state index contributed by atoms with van der Waals surface area (Å²) in [7, 11) is 0. The van der Waals surface area contributed by atoms with Gasteiger partial charge < -0.3 is 0 Å². The highest BCUT2D eigenvalue weighted by molar-refractivity contribution is 5.99. The Morgan fingerprint density at radius 1 is 1.41 bits per heavy atom. The summed E-state index contributed by atoms with van der Waals surface area (Å²) in [5, 5.41) is 13.9. The normalized spacial score (nSPS) is 11.1. The minimum absolute atomic E-state index is 0.0152. The molecule has 0 atom stereocenters. The molecule has 0 heterocycles. The Kier molecular flexibility index (Phi) is 4.19. The lowest BCUT2D eigenvalue weighted by Gasteiger charge is -2.02. The Morgan fingerprint density at radius 2 is 2.00 bits per heavy atom. The molecule has 0 aliphatic rings. The van der Waals surface area contributed by atoms with Gasteiger partial charge in [-0.05, 0) is 36.6 Å². The molecule has 0 fully saturated rings. The molecule has 0 unspecified atom stereocenters. The number of azide groups is 1. The second-order valence-electron chi connectivity index (χ2n) is 3.54. The minimum Gasteiger partial charge on any atom is -0.280 e. The summed E-state index contributed by atoms with van der Waals surface area (Å²) >= 11 is 0. The first kappa shape index (κ1) is 12.7. The van der Waals surface area contributed by atoms with Crippen molar-refractivity contribution in [3.63, 3.8) is 0 Å². The number of amidine groups is 1. The second-order valence-corrected chi connectivity index (χ2v) is 3.54. The molecule has 88 valence electrons. The molecule has 0 aromatic heterocycles. The van der Waals surface area contributed by atoms with E-state index in [1.165, 1.54) is 24.3 Å². The van der Waals surface area contributed by atoms with Gasteiger partial charge in [-0.15, -0.1) is 0 Å². The number of nitro benzene ring substituents is 1. The number of rotatable bonds is 3. The third-order valence-corrected chi connectivity index (χ3v) is 1.86. The van der Waals surface area contributed by atoms with Crippen LogP contribution in [0.4, 0.5) is 5.69 Å². The summed E-state index contributed by atoms with van der Waals surface area (Å²) in [6.07, 6.45) is 0. The maximum absolute atomic E-state index is 10.5. The average molecular weight is 233 g/mol. The van der Waals surface area contributed by atoms with Gasteiger partial charge in [-0.1, -0.05) is 0 Å². The van der Waals surface area contributed by atoms with Gasteiger partial charge in [-0.3, -0.25) is 15.1 Å². The molecule has 7 heteroatoms. The minimum atomic E-state index is -0.489. The highest BCUT2D eigenvalue weighted by Crippen LogP contribution is 2.13. The molecule has 1 aromatic rings. The van der Waals surface area contributed by atoms with Crippen molar-refractivity contribution >= 4 is 11.5 Å². The van der Waals surface area contributed by atoms with Crippen LogP contribution in [0, 0.1) is 10.1 Å². The highest BCUT2D eigenvalue weighted by Gasteiger charge is 2.07. The van der Waals surface area contributed by atoms with Crippen molar-refractivity contribution in [1.29, 1.82) is 0 Å². The predicted molar refractivity (Wildman–Crippen MR) is 63.9 cm³/mol.